The Morgan fingerprint density at radius 1 is 0.956 bits per heavy atom. The summed E-state index contributed by atoms with van der Waals surface area (Å²) < 4.78 is 34.9. The van der Waals surface area contributed by atoms with Crippen LogP contribution < -0.4 is 10.6 Å². The largest absolute Gasteiger partial charge is 0.444 e. The maximum Gasteiger partial charge on any atom is 0.408 e. The number of likely N-dealkylation sites (tertiary alicyclic amines) is 1. The zero-order valence-electron chi connectivity index (χ0n) is 25.8. The summed E-state index contributed by atoms with van der Waals surface area (Å²) in [6.07, 6.45) is 2.07. The molecule has 1 atom stereocenters. The lowest BCUT2D eigenvalue weighted by Gasteiger charge is -2.38. The third-order valence-electron chi connectivity index (χ3n) is 7.40. The van der Waals surface area contributed by atoms with Gasteiger partial charge in [0.25, 0.3) is 11.8 Å². The summed E-state index contributed by atoms with van der Waals surface area (Å²) in [5.41, 5.74) is 5.15. The van der Waals surface area contributed by atoms with E-state index in [2.05, 4.69) is 20.6 Å². The van der Waals surface area contributed by atoms with Crippen molar-refractivity contribution in [2.75, 3.05) is 18.4 Å². The molecule has 1 fully saturated rings. The van der Waals surface area contributed by atoms with Crippen molar-refractivity contribution in [1.82, 2.24) is 20.2 Å². The molecule has 1 saturated heterocycles. The van der Waals surface area contributed by atoms with E-state index in [1.54, 1.807) is 39.2 Å². The zero-order chi connectivity index (χ0) is 32.2. The maximum absolute atomic E-state index is 14.8. The first-order valence-electron chi connectivity index (χ1n) is 14.8. The molecule has 2 aromatic carbocycles. The van der Waals surface area contributed by atoms with Gasteiger partial charge in [-0.1, -0.05) is 36.4 Å². The molecule has 0 unspecified atom stereocenters. The Hall–Kier alpha value is -4.70. The summed E-state index contributed by atoms with van der Waals surface area (Å²) in [4.78, 5) is 36.3. The number of alkyl carbamates (subject to hydrolysis) is 1. The van der Waals surface area contributed by atoms with Gasteiger partial charge in [-0.05, 0) is 86.3 Å². The molecule has 10 heteroatoms. The number of hydrogen-bond donors (Lipinski definition) is 2. The summed E-state index contributed by atoms with van der Waals surface area (Å²) in [6, 6.07) is 21.4. The minimum Gasteiger partial charge on any atom is -0.444 e. The SMILES string of the molecule is Cc1ccc(-c2cc(CN3CCC(F)(F)[C@H](NC(=O)OC(C)(C)C)C3)cc(NC(=O)c3cc(-c4ccccc4)ccn3)c2)cn1. The second-order valence-corrected chi connectivity index (χ2v) is 12.3. The predicted molar refractivity (Wildman–Crippen MR) is 170 cm³/mol. The number of amides is 2. The van der Waals surface area contributed by atoms with Crippen molar-refractivity contribution < 1.29 is 23.1 Å². The number of pyridine rings is 2. The van der Waals surface area contributed by atoms with E-state index in [9.17, 15) is 18.4 Å². The molecule has 1 aliphatic rings. The number of carbonyl (C=O) groups excluding carboxylic acids is 2. The fourth-order valence-corrected chi connectivity index (χ4v) is 5.19. The van der Waals surface area contributed by atoms with Gasteiger partial charge >= 0.3 is 6.09 Å². The average Bonchev–Trinajstić information content (AvgIpc) is 2.99. The van der Waals surface area contributed by atoms with Crippen molar-refractivity contribution in [2.45, 2.75) is 58.2 Å². The Morgan fingerprint density at radius 3 is 2.44 bits per heavy atom. The van der Waals surface area contributed by atoms with Crippen LogP contribution in [0.25, 0.3) is 22.3 Å². The molecule has 2 aromatic heterocycles. The molecule has 0 radical (unpaired) electrons. The van der Waals surface area contributed by atoms with E-state index in [0.29, 0.717) is 12.2 Å². The topological polar surface area (TPSA) is 96.5 Å². The number of alkyl halides is 2. The maximum atomic E-state index is 14.8. The van der Waals surface area contributed by atoms with Gasteiger partial charge in [-0.25, -0.2) is 13.6 Å². The van der Waals surface area contributed by atoms with Crippen LogP contribution in [-0.4, -0.2) is 57.5 Å². The standard InChI is InChI=1S/C35H37F2N5O3/c1-23-10-11-27(20-39-23)28-16-24(21-42-15-13-35(36,37)31(22-42)41-33(44)45-34(2,3)4)17-29(18-28)40-32(43)30-19-26(12-14-38-30)25-8-6-5-7-9-25/h5-12,14,16-20,31H,13,15,21-22H2,1-4H3,(H,40,43)(H,41,44)/t31-/m1/s1. The quantitative estimate of drug-likeness (QED) is 0.231. The van der Waals surface area contributed by atoms with Crippen LogP contribution in [0.3, 0.4) is 0 Å². The van der Waals surface area contributed by atoms with E-state index >= 15 is 0 Å². The molecule has 5 rings (SSSR count). The lowest BCUT2D eigenvalue weighted by atomic mass is 9.99. The summed E-state index contributed by atoms with van der Waals surface area (Å²) in [5.74, 6) is -3.46. The highest BCUT2D eigenvalue weighted by Gasteiger charge is 2.45. The van der Waals surface area contributed by atoms with Gasteiger partial charge in [0.2, 0.25) is 0 Å². The molecule has 0 aliphatic carbocycles. The number of hydrogen-bond acceptors (Lipinski definition) is 6. The minimum atomic E-state index is -3.08. The third kappa shape index (κ3) is 8.48. The van der Waals surface area contributed by atoms with Gasteiger partial charge in [-0.2, -0.15) is 0 Å². The highest BCUT2D eigenvalue weighted by Crippen LogP contribution is 2.31. The van der Waals surface area contributed by atoms with Crippen LogP contribution >= 0.6 is 0 Å². The Morgan fingerprint density at radius 2 is 1.73 bits per heavy atom. The number of halogens is 2. The van der Waals surface area contributed by atoms with E-state index in [4.69, 9.17) is 4.74 Å². The highest BCUT2D eigenvalue weighted by molar-refractivity contribution is 6.03. The lowest BCUT2D eigenvalue weighted by Crippen LogP contribution is -2.58. The normalized spacial score (nSPS) is 16.5. The second kappa shape index (κ2) is 13.1. The Kier molecular flexibility index (Phi) is 9.24. The van der Waals surface area contributed by atoms with Crippen LogP contribution in [0.15, 0.2) is 85.2 Å². The van der Waals surface area contributed by atoms with Crippen LogP contribution in [0.5, 0.6) is 0 Å². The molecule has 45 heavy (non-hydrogen) atoms. The summed E-state index contributed by atoms with van der Waals surface area (Å²) >= 11 is 0. The van der Waals surface area contributed by atoms with Crippen molar-refractivity contribution >= 4 is 17.7 Å². The highest BCUT2D eigenvalue weighted by atomic mass is 19.3. The Balaban J connectivity index is 1.38. The van der Waals surface area contributed by atoms with Gasteiger partial charge in [-0.3, -0.25) is 19.7 Å². The average molecular weight is 614 g/mol. The number of rotatable bonds is 7. The molecule has 2 amide bonds. The minimum absolute atomic E-state index is 0.0690. The van der Waals surface area contributed by atoms with E-state index < -0.39 is 30.1 Å². The molecule has 0 bridgehead atoms. The monoisotopic (exact) mass is 613 g/mol. The molecule has 3 heterocycles. The summed E-state index contributed by atoms with van der Waals surface area (Å²) in [5, 5.41) is 5.34. The van der Waals surface area contributed by atoms with Gasteiger partial charge < -0.3 is 15.4 Å². The van der Waals surface area contributed by atoms with Crippen molar-refractivity contribution in [2.24, 2.45) is 0 Å². The van der Waals surface area contributed by atoms with Crippen LogP contribution in [0.2, 0.25) is 0 Å². The number of nitrogens with zero attached hydrogens (tertiary/aromatic N) is 3. The molecular formula is C35H37F2N5O3. The molecule has 0 spiro atoms. The summed E-state index contributed by atoms with van der Waals surface area (Å²) in [7, 11) is 0. The van der Waals surface area contributed by atoms with Crippen LogP contribution in [-0.2, 0) is 11.3 Å². The first-order chi connectivity index (χ1) is 21.3. The molecule has 8 nitrogen and oxygen atoms in total. The van der Waals surface area contributed by atoms with Gasteiger partial charge in [0.15, 0.2) is 0 Å². The first kappa shape index (κ1) is 31.7. The number of nitrogens with one attached hydrogen (secondary N) is 2. The zero-order valence-corrected chi connectivity index (χ0v) is 25.8. The number of aromatic nitrogens is 2. The van der Waals surface area contributed by atoms with Crippen LogP contribution in [0, 0.1) is 6.92 Å². The van der Waals surface area contributed by atoms with Gasteiger partial charge in [-0.15, -0.1) is 0 Å². The Labute approximate surface area is 261 Å². The van der Waals surface area contributed by atoms with E-state index in [1.807, 2.05) is 78.6 Å². The third-order valence-corrected chi connectivity index (χ3v) is 7.40. The van der Waals surface area contributed by atoms with Gasteiger partial charge in [0, 0.05) is 55.4 Å². The van der Waals surface area contributed by atoms with E-state index in [-0.39, 0.29) is 24.7 Å². The smallest absolute Gasteiger partial charge is 0.408 e. The molecule has 4 aromatic rings. The van der Waals surface area contributed by atoms with Crippen LogP contribution in [0.1, 0.15) is 48.9 Å². The number of aryl methyl sites for hydroxylation is 1. The number of ether oxygens (including phenoxy) is 1. The fraction of sp³-hybridized carbons (Fsp3) is 0.314. The number of anilines is 1. The van der Waals surface area contributed by atoms with Crippen molar-refractivity contribution in [3.05, 3.63) is 102 Å². The molecule has 234 valence electrons. The fourth-order valence-electron chi connectivity index (χ4n) is 5.19. The molecule has 1 aliphatic heterocycles. The second-order valence-electron chi connectivity index (χ2n) is 12.3. The number of benzene rings is 2. The number of carbonyl (C=O) groups is 2. The van der Waals surface area contributed by atoms with E-state index in [1.165, 1.54) is 0 Å². The van der Waals surface area contributed by atoms with Gasteiger partial charge in [0.05, 0.1) is 0 Å². The van der Waals surface area contributed by atoms with Gasteiger partial charge in [0.1, 0.15) is 17.3 Å². The molecule has 0 saturated carbocycles. The molecule has 2 N–H and O–H groups in total. The lowest BCUT2D eigenvalue weighted by molar-refractivity contribution is -0.0859. The van der Waals surface area contributed by atoms with Crippen molar-refractivity contribution in [3.8, 4) is 22.3 Å². The van der Waals surface area contributed by atoms with Crippen molar-refractivity contribution in [3.63, 3.8) is 0 Å². The first-order valence-corrected chi connectivity index (χ1v) is 14.8. The van der Waals surface area contributed by atoms with Crippen molar-refractivity contribution in [1.29, 1.82) is 0 Å². The number of piperidine rings is 1. The predicted octanol–water partition coefficient (Wildman–Crippen LogP) is 7.11. The van der Waals surface area contributed by atoms with E-state index in [0.717, 1.165) is 33.5 Å². The molecular weight excluding hydrogens is 576 g/mol. The Bertz CT molecular complexity index is 1660. The summed E-state index contributed by atoms with van der Waals surface area (Å²) in [6.45, 7) is 7.33. The van der Waals surface area contributed by atoms with Crippen LogP contribution in [0.4, 0.5) is 19.3 Å².